The van der Waals surface area contributed by atoms with Crippen molar-refractivity contribution in [3.63, 3.8) is 0 Å². The summed E-state index contributed by atoms with van der Waals surface area (Å²) in [5.41, 5.74) is 3.67. The fraction of sp³-hybridized carbons (Fsp3) is 0.545. The molecular formula is C22H30N4OS2. The van der Waals surface area contributed by atoms with Gasteiger partial charge in [0, 0.05) is 19.3 Å². The Bertz CT molecular complexity index is 987. The lowest BCUT2D eigenvalue weighted by Crippen LogP contribution is -2.48. The SMILES string of the molecule is Cc1nc(N2CCC3(CC2)Cc2ccccc2[C@H]3N[S@](=O)C(C)(C)C)c[nH]c1=S. The van der Waals surface area contributed by atoms with Gasteiger partial charge in [-0.3, -0.25) is 0 Å². The molecule has 7 heteroatoms. The van der Waals surface area contributed by atoms with Crippen molar-refractivity contribution in [2.45, 2.75) is 57.7 Å². The summed E-state index contributed by atoms with van der Waals surface area (Å²) < 4.78 is 16.9. The van der Waals surface area contributed by atoms with Gasteiger partial charge in [0.1, 0.15) is 10.5 Å². The van der Waals surface area contributed by atoms with Crippen LogP contribution in [0.3, 0.4) is 0 Å². The third-order valence-electron chi connectivity index (χ3n) is 6.33. The van der Waals surface area contributed by atoms with Crippen LogP contribution < -0.4 is 9.62 Å². The Morgan fingerprint density at radius 2 is 1.97 bits per heavy atom. The second-order valence-corrected chi connectivity index (χ2v) is 11.7. The van der Waals surface area contributed by atoms with Crippen molar-refractivity contribution in [3.8, 4) is 0 Å². The van der Waals surface area contributed by atoms with Crippen molar-refractivity contribution in [2.24, 2.45) is 5.41 Å². The number of fused-ring (bicyclic) bond motifs is 1. The summed E-state index contributed by atoms with van der Waals surface area (Å²) in [5.74, 6) is 0.962. The zero-order chi connectivity index (χ0) is 20.8. The smallest absolute Gasteiger partial charge is 0.145 e. The van der Waals surface area contributed by atoms with Crippen LogP contribution >= 0.6 is 12.2 Å². The van der Waals surface area contributed by atoms with E-state index in [1.165, 1.54) is 11.1 Å². The monoisotopic (exact) mass is 430 g/mol. The van der Waals surface area contributed by atoms with Gasteiger partial charge in [-0.25, -0.2) is 13.9 Å². The van der Waals surface area contributed by atoms with Crippen LogP contribution in [0.15, 0.2) is 30.5 Å². The summed E-state index contributed by atoms with van der Waals surface area (Å²) in [4.78, 5) is 10.2. The first-order valence-corrected chi connectivity index (χ1v) is 11.8. The van der Waals surface area contributed by atoms with Crippen molar-refractivity contribution in [3.05, 3.63) is 51.9 Å². The van der Waals surface area contributed by atoms with Crippen LogP contribution in [0.1, 0.15) is 56.5 Å². The molecule has 2 N–H and O–H groups in total. The first kappa shape index (κ1) is 20.7. The number of nitrogens with zero attached hydrogens (tertiary/aromatic N) is 2. The molecule has 4 rings (SSSR count). The number of nitrogens with one attached hydrogen (secondary N) is 2. The van der Waals surface area contributed by atoms with Gasteiger partial charge in [0.05, 0.1) is 27.5 Å². The highest BCUT2D eigenvalue weighted by molar-refractivity contribution is 7.84. The summed E-state index contributed by atoms with van der Waals surface area (Å²) in [6.07, 6.45) is 5.04. The van der Waals surface area contributed by atoms with E-state index in [0.717, 1.165) is 43.9 Å². The third-order valence-corrected chi connectivity index (χ3v) is 8.30. The van der Waals surface area contributed by atoms with E-state index in [1.807, 2.05) is 33.9 Å². The molecule has 1 aromatic carbocycles. The molecule has 2 atom stereocenters. The number of piperidine rings is 1. The van der Waals surface area contributed by atoms with Crippen LogP contribution in [-0.2, 0) is 17.4 Å². The van der Waals surface area contributed by atoms with Crippen molar-refractivity contribution in [1.82, 2.24) is 14.7 Å². The van der Waals surface area contributed by atoms with Gasteiger partial charge >= 0.3 is 0 Å². The molecule has 0 saturated carbocycles. The predicted octanol–water partition coefficient (Wildman–Crippen LogP) is 4.38. The Morgan fingerprint density at radius 3 is 2.62 bits per heavy atom. The Morgan fingerprint density at radius 1 is 1.28 bits per heavy atom. The van der Waals surface area contributed by atoms with E-state index >= 15 is 0 Å². The van der Waals surface area contributed by atoms with E-state index in [2.05, 4.69) is 43.9 Å². The first-order valence-electron chi connectivity index (χ1n) is 10.3. The van der Waals surface area contributed by atoms with E-state index in [9.17, 15) is 4.21 Å². The largest absolute Gasteiger partial charge is 0.355 e. The minimum absolute atomic E-state index is 0.0951. The molecular weight excluding hydrogens is 400 g/mol. The van der Waals surface area contributed by atoms with Crippen molar-refractivity contribution in [2.75, 3.05) is 18.0 Å². The van der Waals surface area contributed by atoms with Gasteiger partial charge in [-0.2, -0.15) is 0 Å². The van der Waals surface area contributed by atoms with Crippen molar-refractivity contribution in [1.29, 1.82) is 0 Å². The topological polar surface area (TPSA) is 61.0 Å². The minimum atomic E-state index is -1.11. The number of rotatable bonds is 3. The van der Waals surface area contributed by atoms with Crippen LogP contribution in [0, 0.1) is 17.0 Å². The maximum Gasteiger partial charge on any atom is 0.145 e. The van der Waals surface area contributed by atoms with E-state index < -0.39 is 11.0 Å². The standard InChI is InChI=1S/C22H30N4OS2/c1-15-20(28)23-14-18(24-15)26-11-9-22(10-12-26)13-16-7-5-6-8-17(16)19(22)25-29(27)21(2,3)4/h5-8,14,19,25H,9-13H2,1-4H3,(H,23,28)/t19-,29-/m1/s1. The van der Waals surface area contributed by atoms with E-state index in [4.69, 9.17) is 12.2 Å². The fourth-order valence-corrected chi connectivity index (χ4v) is 5.61. The van der Waals surface area contributed by atoms with Crippen LogP contribution in [0.25, 0.3) is 0 Å². The summed E-state index contributed by atoms with van der Waals surface area (Å²) in [5, 5.41) is 0. The third kappa shape index (κ3) is 3.92. The van der Waals surface area contributed by atoms with E-state index in [1.54, 1.807) is 0 Å². The van der Waals surface area contributed by atoms with Gasteiger partial charge in [-0.05, 0) is 63.5 Å². The predicted molar refractivity (Wildman–Crippen MR) is 122 cm³/mol. The molecule has 1 spiro atoms. The van der Waals surface area contributed by atoms with Crippen LogP contribution in [0.4, 0.5) is 5.82 Å². The van der Waals surface area contributed by atoms with Crippen LogP contribution in [0.5, 0.6) is 0 Å². The molecule has 1 aliphatic heterocycles. The summed E-state index contributed by atoms with van der Waals surface area (Å²) in [7, 11) is -1.11. The number of H-pyrrole nitrogens is 1. The highest BCUT2D eigenvalue weighted by atomic mass is 32.2. The molecule has 1 aromatic heterocycles. The summed E-state index contributed by atoms with van der Waals surface area (Å²) in [6, 6.07) is 8.77. The lowest BCUT2D eigenvalue weighted by molar-refractivity contribution is 0.177. The van der Waals surface area contributed by atoms with Crippen molar-refractivity contribution >= 4 is 29.0 Å². The summed E-state index contributed by atoms with van der Waals surface area (Å²) in [6.45, 7) is 9.90. The van der Waals surface area contributed by atoms with E-state index in [0.29, 0.717) is 4.64 Å². The molecule has 156 valence electrons. The molecule has 2 heterocycles. The molecule has 0 unspecified atom stereocenters. The van der Waals surface area contributed by atoms with Gasteiger partial charge in [-0.1, -0.05) is 36.5 Å². The van der Waals surface area contributed by atoms with Gasteiger partial charge in [0.25, 0.3) is 0 Å². The van der Waals surface area contributed by atoms with Gasteiger partial charge < -0.3 is 9.88 Å². The Balaban J connectivity index is 1.58. The van der Waals surface area contributed by atoms with Crippen LogP contribution in [0.2, 0.25) is 0 Å². The molecule has 5 nitrogen and oxygen atoms in total. The number of aryl methyl sites for hydroxylation is 1. The molecule has 1 fully saturated rings. The maximum atomic E-state index is 13.0. The maximum absolute atomic E-state index is 13.0. The lowest BCUT2D eigenvalue weighted by Gasteiger charge is -2.44. The molecule has 0 amide bonds. The Kier molecular flexibility index (Phi) is 5.42. The number of benzene rings is 1. The summed E-state index contributed by atoms with van der Waals surface area (Å²) >= 11 is 5.25. The van der Waals surface area contributed by atoms with Gasteiger partial charge in [-0.15, -0.1) is 0 Å². The van der Waals surface area contributed by atoms with Gasteiger partial charge in [0.2, 0.25) is 0 Å². The molecule has 2 aromatic rings. The molecule has 0 bridgehead atoms. The number of hydrogen-bond donors (Lipinski definition) is 2. The quantitative estimate of drug-likeness (QED) is 0.709. The lowest BCUT2D eigenvalue weighted by atomic mass is 9.73. The molecule has 2 aliphatic rings. The van der Waals surface area contributed by atoms with Crippen LogP contribution in [-0.4, -0.2) is 32.0 Å². The number of aromatic amines is 1. The number of hydrogen-bond acceptors (Lipinski definition) is 4. The highest BCUT2D eigenvalue weighted by Crippen LogP contribution is 2.52. The average molecular weight is 431 g/mol. The zero-order valence-electron chi connectivity index (χ0n) is 17.6. The second-order valence-electron chi connectivity index (χ2n) is 9.33. The fourth-order valence-electron chi connectivity index (χ4n) is 4.56. The average Bonchev–Trinajstić information content (AvgIpc) is 2.97. The second kappa shape index (κ2) is 7.60. The number of aromatic nitrogens is 2. The number of anilines is 1. The van der Waals surface area contributed by atoms with Gasteiger partial charge in [0.15, 0.2) is 0 Å². The Labute approximate surface area is 180 Å². The minimum Gasteiger partial charge on any atom is -0.355 e. The molecule has 29 heavy (non-hydrogen) atoms. The molecule has 1 saturated heterocycles. The normalized spacial score (nSPS) is 21.9. The van der Waals surface area contributed by atoms with Crippen molar-refractivity contribution < 1.29 is 4.21 Å². The molecule has 0 radical (unpaired) electrons. The highest BCUT2D eigenvalue weighted by Gasteiger charge is 2.48. The van der Waals surface area contributed by atoms with E-state index in [-0.39, 0.29) is 16.2 Å². The first-order chi connectivity index (χ1) is 13.7. The Hall–Kier alpha value is -1.57. The zero-order valence-corrected chi connectivity index (χ0v) is 19.3. The molecule has 1 aliphatic carbocycles.